The van der Waals surface area contributed by atoms with Crippen LogP contribution in [-0.4, -0.2) is 25.2 Å². The van der Waals surface area contributed by atoms with Crippen LogP contribution < -0.4 is 10.1 Å². The van der Waals surface area contributed by atoms with E-state index in [0.29, 0.717) is 17.9 Å². The molecule has 3 rings (SSSR count). The fraction of sp³-hybridized carbons (Fsp3) is 0.389. The van der Waals surface area contributed by atoms with Gasteiger partial charge in [0.1, 0.15) is 12.4 Å². The molecule has 0 saturated carbocycles. The van der Waals surface area contributed by atoms with E-state index < -0.39 is 0 Å². The maximum absolute atomic E-state index is 12.5. The lowest BCUT2D eigenvalue weighted by atomic mass is 10.1. The van der Waals surface area contributed by atoms with Gasteiger partial charge in [-0.25, -0.2) is 0 Å². The second kappa shape index (κ2) is 7.62. The SMILES string of the molecule is C[C@H](NC(=O)c1ccccc1OC[C@H]1CCCO1)c1cccs1. The zero-order chi connectivity index (χ0) is 16.1. The molecule has 23 heavy (non-hydrogen) atoms. The zero-order valence-corrected chi connectivity index (χ0v) is 14.0. The lowest BCUT2D eigenvalue weighted by Crippen LogP contribution is -2.27. The van der Waals surface area contributed by atoms with Gasteiger partial charge >= 0.3 is 0 Å². The van der Waals surface area contributed by atoms with Gasteiger partial charge in [0.25, 0.3) is 5.91 Å². The molecule has 2 heterocycles. The normalized spacial score (nSPS) is 18.6. The summed E-state index contributed by atoms with van der Waals surface area (Å²) in [5.41, 5.74) is 0.564. The van der Waals surface area contributed by atoms with Gasteiger partial charge in [0.05, 0.1) is 17.7 Å². The maximum atomic E-state index is 12.5. The van der Waals surface area contributed by atoms with Crippen LogP contribution in [0.2, 0.25) is 0 Å². The van der Waals surface area contributed by atoms with Crippen LogP contribution in [0.15, 0.2) is 41.8 Å². The van der Waals surface area contributed by atoms with Crippen LogP contribution in [0.5, 0.6) is 5.75 Å². The number of benzene rings is 1. The largest absolute Gasteiger partial charge is 0.490 e. The molecule has 122 valence electrons. The third-order valence-electron chi connectivity index (χ3n) is 3.90. The maximum Gasteiger partial charge on any atom is 0.255 e. The van der Waals surface area contributed by atoms with Crippen LogP contribution in [0, 0.1) is 0 Å². The minimum absolute atomic E-state index is 0.0197. The Hall–Kier alpha value is -1.85. The van der Waals surface area contributed by atoms with Crippen molar-refractivity contribution < 1.29 is 14.3 Å². The van der Waals surface area contributed by atoms with Crippen molar-refractivity contribution in [2.75, 3.05) is 13.2 Å². The second-order valence-corrected chi connectivity index (χ2v) is 6.63. The Morgan fingerprint density at radius 2 is 2.26 bits per heavy atom. The average Bonchev–Trinajstić information content (AvgIpc) is 3.26. The summed E-state index contributed by atoms with van der Waals surface area (Å²) in [4.78, 5) is 13.7. The highest BCUT2D eigenvalue weighted by Gasteiger charge is 2.19. The first kappa shape index (κ1) is 16.0. The molecule has 0 bridgehead atoms. The molecule has 1 aromatic carbocycles. The van der Waals surface area contributed by atoms with E-state index in [2.05, 4.69) is 5.32 Å². The third-order valence-corrected chi connectivity index (χ3v) is 4.95. The van der Waals surface area contributed by atoms with E-state index in [-0.39, 0.29) is 18.1 Å². The molecule has 1 N–H and O–H groups in total. The van der Waals surface area contributed by atoms with Crippen molar-refractivity contribution in [1.82, 2.24) is 5.32 Å². The van der Waals surface area contributed by atoms with Gasteiger partial charge in [-0.15, -0.1) is 11.3 Å². The van der Waals surface area contributed by atoms with Crippen LogP contribution >= 0.6 is 11.3 Å². The molecule has 1 saturated heterocycles. The summed E-state index contributed by atoms with van der Waals surface area (Å²) in [6.07, 6.45) is 2.23. The van der Waals surface area contributed by atoms with Crippen molar-refractivity contribution in [3.8, 4) is 5.75 Å². The van der Waals surface area contributed by atoms with Crippen LogP contribution in [0.3, 0.4) is 0 Å². The first-order chi connectivity index (χ1) is 11.2. The number of carbonyl (C=O) groups excluding carboxylic acids is 1. The summed E-state index contributed by atoms with van der Waals surface area (Å²) in [6.45, 7) is 3.28. The molecule has 2 aromatic rings. The number of rotatable bonds is 6. The number of nitrogens with one attached hydrogen (secondary N) is 1. The number of amides is 1. The molecule has 0 spiro atoms. The molecule has 5 heteroatoms. The minimum Gasteiger partial charge on any atom is -0.490 e. The Morgan fingerprint density at radius 1 is 1.39 bits per heavy atom. The molecule has 0 unspecified atom stereocenters. The fourth-order valence-corrected chi connectivity index (χ4v) is 3.36. The van der Waals surface area contributed by atoms with Gasteiger partial charge in [-0.1, -0.05) is 18.2 Å². The highest BCUT2D eigenvalue weighted by molar-refractivity contribution is 7.10. The van der Waals surface area contributed by atoms with Gasteiger partial charge in [-0.3, -0.25) is 4.79 Å². The highest BCUT2D eigenvalue weighted by Crippen LogP contribution is 2.23. The summed E-state index contributed by atoms with van der Waals surface area (Å²) in [5.74, 6) is 0.493. The monoisotopic (exact) mass is 331 g/mol. The fourth-order valence-electron chi connectivity index (χ4n) is 2.62. The third kappa shape index (κ3) is 4.12. The Kier molecular flexibility index (Phi) is 5.31. The molecule has 1 aliphatic rings. The molecule has 1 fully saturated rings. The summed E-state index contributed by atoms with van der Waals surface area (Å²) >= 11 is 1.64. The van der Waals surface area contributed by atoms with Gasteiger partial charge < -0.3 is 14.8 Å². The topological polar surface area (TPSA) is 47.6 Å². The molecule has 1 aliphatic heterocycles. The van der Waals surface area contributed by atoms with Crippen molar-refractivity contribution in [1.29, 1.82) is 0 Å². The predicted octanol–water partition coefficient (Wildman–Crippen LogP) is 3.80. The van der Waals surface area contributed by atoms with Gasteiger partial charge in [0.2, 0.25) is 0 Å². The first-order valence-corrected chi connectivity index (χ1v) is 8.79. The molecular formula is C18H21NO3S. The summed E-state index contributed by atoms with van der Waals surface area (Å²) in [6, 6.07) is 11.3. The van der Waals surface area contributed by atoms with Crippen molar-refractivity contribution in [2.45, 2.75) is 31.9 Å². The molecular weight excluding hydrogens is 310 g/mol. The van der Waals surface area contributed by atoms with Crippen molar-refractivity contribution in [3.63, 3.8) is 0 Å². The van der Waals surface area contributed by atoms with E-state index in [1.807, 2.05) is 42.6 Å². The van der Waals surface area contributed by atoms with E-state index in [1.54, 1.807) is 17.4 Å². The Balaban J connectivity index is 1.65. The first-order valence-electron chi connectivity index (χ1n) is 7.92. The predicted molar refractivity (Wildman–Crippen MR) is 91.1 cm³/mol. The van der Waals surface area contributed by atoms with Gasteiger partial charge in [0.15, 0.2) is 0 Å². The van der Waals surface area contributed by atoms with Crippen molar-refractivity contribution in [3.05, 3.63) is 52.2 Å². The highest BCUT2D eigenvalue weighted by atomic mass is 32.1. The van der Waals surface area contributed by atoms with Crippen LogP contribution in [0.4, 0.5) is 0 Å². The molecule has 1 aromatic heterocycles. The quantitative estimate of drug-likeness (QED) is 0.876. The Labute approximate surface area is 140 Å². The summed E-state index contributed by atoms with van der Waals surface area (Å²) in [5, 5.41) is 5.04. The van der Waals surface area contributed by atoms with E-state index >= 15 is 0 Å². The summed E-state index contributed by atoms with van der Waals surface area (Å²) < 4.78 is 11.4. The van der Waals surface area contributed by atoms with Gasteiger partial charge in [-0.2, -0.15) is 0 Å². The minimum atomic E-state index is -0.117. The zero-order valence-electron chi connectivity index (χ0n) is 13.2. The lowest BCUT2D eigenvalue weighted by Gasteiger charge is -2.16. The van der Waals surface area contributed by atoms with E-state index in [0.717, 1.165) is 24.3 Å². The Morgan fingerprint density at radius 3 is 3.00 bits per heavy atom. The van der Waals surface area contributed by atoms with Crippen molar-refractivity contribution in [2.24, 2.45) is 0 Å². The second-order valence-electron chi connectivity index (χ2n) is 5.65. The Bertz CT molecular complexity index is 635. The van der Waals surface area contributed by atoms with Gasteiger partial charge in [-0.05, 0) is 43.3 Å². The molecule has 0 radical (unpaired) electrons. The standard InChI is InChI=1S/C18H21NO3S/c1-13(17-9-5-11-23-17)19-18(20)15-7-2-3-8-16(15)22-12-14-6-4-10-21-14/h2-3,5,7-9,11,13-14H,4,6,10,12H2,1H3,(H,19,20)/t13-,14+/m0/s1. The molecule has 2 atom stereocenters. The molecule has 0 aliphatic carbocycles. The number of para-hydroxylation sites is 1. The number of ether oxygens (including phenoxy) is 2. The van der Waals surface area contributed by atoms with E-state index in [9.17, 15) is 4.79 Å². The number of thiophene rings is 1. The van der Waals surface area contributed by atoms with E-state index in [4.69, 9.17) is 9.47 Å². The number of carbonyl (C=O) groups is 1. The van der Waals surface area contributed by atoms with Crippen molar-refractivity contribution >= 4 is 17.2 Å². The van der Waals surface area contributed by atoms with Crippen LogP contribution in [0.1, 0.15) is 41.0 Å². The number of hydrogen-bond acceptors (Lipinski definition) is 4. The van der Waals surface area contributed by atoms with E-state index in [1.165, 1.54) is 0 Å². The van der Waals surface area contributed by atoms with Gasteiger partial charge in [0, 0.05) is 11.5 Å². The summed E-state index contributed by atoms with van der Waals surface area (Å²) in [7, 11) is 0. The number of hydrogen-bond donors (Lipinski definition) is 1. The molecule has 4 nitrogen and oxygen atoms in total. The average molecular weight is 331 g/mol. The smallest absolute Gasteiger partial charge is 0.255 e. The van der Waals surface area contributed by atoms with Crippen LogP contribution in [0.25, 0.3) is 0 Å². The molecule has 1 amide bonds. The lowest BCUT2D eigenvalue weighted by molar-refractivity contribution is 0.0670. The van der Waals surface area contributed by atoms with Crippen LogP contribution in [-0.2, 0) is 4.74 Å².